The molecular weight excluding hydrogens is 234 g/mol. The average molecular weight is 258 g/mol. The molecule has 0 aliphatic carbocycles. The molecule has 0 bridgehead atoms. The van der Waals surface area contributed by atoms with E-state index in [4.69, 9.17) is 11.6 Å². The number of nitrogens with one attached hydrogen (secondary N) is 1. The molecule has 1 atom stereocenters. The normalized spacial score (nSPS) is 13.6. The highest BCUT2D eigenvalue weighted by atomic mass is 35.5. The monoisotopic (exact) mass is 257 g/mol. The lowest BCUT2D eigenvalue weighted by Gasteiger charge is -2.17. The van der Waals surface area contributed by atoms with Crippen molar-refractivity contribution in [2.75, 3.05) is 6.54 Å². The molecule has 3 nitrogen and oxygen atoms in total. The fourth-order valence-electron chi connectivity index (χ4n) is 1.84. The van der Waals surface area contributed by atoms with Crippen molar-refractivity contribution in [2.24, 2.45) is 5.92 Å². The summed E-state index contributed by atoms with van der Waals surface area (Å²) in [4.78, 5) is 0. The van der Waals surface area contributed by atoms with E-state index in [-0.39, 0.29) is 0 Å². The van der Waals surface area contributed by atoms with Gasteiger partial charge in [0.1, 0.15) is 0 Å². The summed E-state index contributed by atoms with van der Waals surface area (Å²) in [7, 11) is 0. The predicted octanol–water partition coefficient (Wildman–Crippen LogP) is 3.29. The quantitative estimate of drug-likeness (QED) is 0.848. The predicted molar refractivity (Wildman–Crippen MR) is 73.6 cm³/mol. The molecule has 0 saturated heterocycles. The fraction of sp³-hybridized carbons (Fsp3) is 0.769. The van der Waals surface area contributed by atoms with Crippen LogP contribution in [-0.2, 0) is 6.42 Å². The van der Waals surface area contributed by atoms with Crippen molar-refractivity contribution >= 4 is 11.6 Å². The van der Waals surface area contributed by atoms with E-state index in [0.717, 1.165) is 23.7 Å². The summed E-state index contributed by atoms with van der Waals surface area (Å²) in [5, 5.41) is 8.57. The summed E-state index contributed by atoms with van der Waals surface area (Å²) in [6.45, 7) is 11.8. The molecule has 1 heterocycles. The average Bonchev–Trinajstić information content (AvgIpc) is 2.58. The van der Waals surface area contributed by atoms with E-state index in [1.807, 2.05) is 4.68 Å². The van der Waals surface area contributed by atoms with Crippen molar-refractivity contribution in [3.63, 3.8) is 0 Å². The molecule has 4 heteroatoms. The molecule has 17 heavy (non-hydrogen) atoms. The van der Waals surface area contributed by atoms with Crippen molar-refractivity contribution in [3.8, 4) is 0 Å². The zero-order chi connectivity index (χ0) is 13.0. The highest BCUT2D eigenvalue weighted by Crippen LogP contribution is 2.21. The molecule has 0 radical (unpaired) electrons. The molecular formula is C13H24ClN3. The molecule has 0 fully saturated rings. The van der Waals surface area contributed by atoms with E-state index in [2.05, 4.69) is 45.0 Å². The Balaban J connectivity index is 2.64. The summed E-state index contributed by atoms with van der Waals surface area (Å²) >= 11 is 6.19. The van der Waals surface area contributed by atoms with Crippen LogP contribution in [0.15, 0.2) is 6.20 Å². The van der Waals surface area contributed by atoms with E-state index in [0.29, 0.717) is 18.0 Å². The maximum absolute atomic E-state index is 6.19. The van der Waals surface area contributed by atoms with E-state index in [9.17, 15) is 0 Å². The van der Waals surface area contributed by atoms with Gasteiger partial charge in [-0.25, -0.2) is 0 Å². The van der Waals surface area contributed by atoms with E-state index < -0.39 is 0 Å². The minimum absolute atomic E-state index is 0.364. The van der Waals surface area contributed by atoms with Gasteiger partial charge in [0.2, 0.25) is 0 Å². The number of hydrogen-bond acceptors (Lipinski definition) is 2. The Bertz CT molecular complexity index is 344. The molecule has 1 N–H and O–H groups in total. The zero-order valence-electron chi connectivity index (χ0n) is 11.5. The van der Waals surface area contributed by atoms with Gasteiger partial charge in [-0.3, -0.25) is 4.68 Å². The van der Waals surface area contributed by atoms with Crippen LogP contribution in [0.5, 0.6) is 0 Å². The van der Waals surface area contributed by atoms with Crippen LogP contribution in [0.25, 0.3) is 0 Å². The second-order valence-corrected chi connectivity index (χ2v) is 5.76. The van der Waals surface area contributed by atoms with Crippen molar-refractivity contribution in [2.45, 2.75) is 53.1 Å². The number of aromatic nitrogens is 2. The third kappa shape index (κ3) is 4.32. The van der Waals surface area contributed by atoms with Crippen LogP contribution in [0.1, 0.15) is 46.4 Å². The largest absolute Gasteiger partial charge is 0.314 e. The number of nitrogens with zero attached hydrogens (tertiary/aromatic N) is 2. The Labute approximate surface area is 110 Å². The molecule has 1 aromatic heterocycles. The zero-order valence-corrected chi connectivity index (χ0v) is 12.3. The van der Waals surface area contributed by atoms with Crippen molar-refractivity contribution < 1.29 is 0 Å². The third-order valence-electron chi connectivity index (χ3n) is 2.75. The number of halogens is 1. The summed E-state index contributed by atoms with van der Waals surface area (Å²) in [6.07, 6.45) is 2.72. The van der Waals surface area contributed by atoms with Gasteiger partial charge in [-0.2, -0.15) is 5.10 Å². The third-order valence-corrected chi connectivity index (χ3v) is 3.07. The first-order valence-electron chi connectivity index (χ1n) is 6.37. The van der Waals surface area contributed by atoms with Gasteiger partial charge in [-0.1, -0.05) is 32.4 Å². The van der Waals surface area contributed by atoms with Crippen molar-refractivity contribution in [1.82, 2.24) is 15.1 Å². The van der Waals surface area contributed by atoms with Crippen LogP contribution in [0.4, 0.5) is 0 Å². The molecule has 0 spiro atoms. The van der Waals surface area contributed by atoms with Gasteiger partial charge in [-0.15, -0.1) is 0 Å². The Kier molecular flexibility index (Phi) is 5.47. The lowest BCUT2D eigenvalue weighted by Crippen LogP contribution is -2.29. The summed E-state index contributed by atoms with van der Waals surface area (Å²) < 4.78 is 2.02. The SMILES string of the molecule is CC(CNC(C)C)Cc1c(Cl)cnn1C(C)C. The van der Waals surface area contributed by atoms with Gasteiger partial charge in [0.25, 0.3) is 0 Å². The van der Waals surface area contributed by atoms with Gasteiger partial charge in [0.15, 0.2) is 0 Å². The van der Waals surface area contributed by atoms with Crippen LogP contribution in [0, 0.1) is 5.92 Å². The van der Waals surface area contributed by atoms with Crippen molar-refractivity contribution in [1.29, 1.82) is 0 Å². The molecule has 98 valence electrons. The van der Waals surface area contributed by atoms with Gasteiger partial charge >= 0.3 is 0 Å². The second kappa shape index (κ2) is 6.41. The first-order valence-corrected chi connectivity index (χ1v) is 6.74. The van der Waals surface area contributed by atoms with Crippen molar-refractivity contribution in [3.05, 3.63) is 16.9 Å². The molecule has 0 amide bonds. The van der Waals surface area contributed by atoms with Crippen LogP contribution >= 0.6 is 11.6 Å². The minimum atomic E-state index is 0.364. The second-order valence-electron chi connectivity index (χ2n) is 5.35. The lowest BCUT2D eigenvalue weighted by atomic mass is 10.0. The molecule has 0 aliphatic heterocycles. The van der Waals surface area contributed by atoms with Crippen LogP contribution in [-0.4, -0.2) is 22.4 Å². The summed E-state index contributed by atoms with van der Waals surface area (Å²) in [5.41, 5.74) is 1.15. The van der Waals surface area contributed by atoms with Crippen LogP contribution in [0.2, 0.25) is 5.02 Å². The van der Waals surface area contributed by atoms with Gasteiger partial charge in [0, 0.05) is 12.1 Å². The summed E-state index contributed by atoms with van der Waals surface area (Å²) in [5.74, 6) is 0.559. The molecule has 0 aromatic carbocycles. The van der Waals surface area contributed by atoms with E-state index in [1.165, 1.54) is 0 Å². The fourth-order valence-corrected chi connectivity index (χ4v) is 2.05. The smallest absolute Gasteiger partial charge is 0.0818 e. The van der Waals surface area contributed by atoms with Gasteiger partial charge in [0.05, 0.1) is 16.9 Å². The van der Waals surface area contributed by atoms with Crippen LogP contribution in [0.3, 0.4) is 0 Å². The van der Waals surface area contributed by atoms with Crippen LogP contribution < -0.4 is 5.32 Å². The van der Waals surface area contributed by atoms with E-state index in [1.54, 1.807) is 6.20 Å². The first kappa shape index (κ1) is 14.5. The lowest BCUT2D eigenvalue weighted by molar-refractivity contribution is 0.444. The molecule has 1 unspecified atom stereocenters. The topological polar surface area (TPSA) is 29.9 Å². The number of hydrogen-bond donors (Lipinski definition) is 1. The Hall–Kier alpha value is -0.540. The summed E-state index contributed by atoms with van der Waals surface area (Å²) in [6, 6.07) is 0.894. The van der Waals surface area contributed by atoms with Gasteiger partial charge < -0.3 is 5.32 Å². The Morgan fingerprint density at radius 1 is 1.29 bits per heavy atom. The number of rotatable bonds is 6. The minimum Gasteiger partial charge on any atom is -0.314 e. The Morgan fingerprint density at radius 2 is 1.94 bits per heavy atom. The highest BCUT2D eigenvalue weighted by Gasteiger charge is 2.14. The van der Waals surface area contributed by atoms with Gasteiger partial charge in [-0.05, 0) is 32.7 Å². The Morgan fingerprint density at radius 3 is 2.47 bits per heavy atom. The molecule has 0 saturated carbocycles. The molecule has 1 aromatic rings. The standard InChI is InChI=1S/C13H24ClN3/c1-9(2)15-7-11(5)6-13-12(14)8-16-17(13)10(3)4/h8-11,15H,6-7H2,1-5H3. The molecule has 0 aliphatic rings. The maximum Gasteiger partial charge on any atom is 0.0818 e. The first-order chi connectivity index (χ1) is 7.91. The highest BCUT2D eigenvalue weighted by molar-refractivity contribution is 6.31. The maximum atomic E-state index is 6.19. The molecule has 1 rings (SSSR count). The van der Waals surface area contributed by atoms with E-state index >= 15 is 0 Å².